The molecule has 3 rings (SSSR count). The van der Waals surface area contributed by atoms with Gasteiger partial charge in [-0.2, -0.15) is 0 Å². The molecule has 2 aliphatic rings. The lowest BCUT2D eigenvalue weighted by Gasteiger charge is -2.37. The van der Waals surface area contributed by atoms with Crippen molar-refractivity contribution in [2.24, 2.45) is 0 Å². The standard InChI is InChI=1S/C20H26O9/c21-8-12-7-13(23)16(24)20(28-12)11-4-1-10(2-5-11)3-6-14-17(25)19(27)18(26)15(9-22)29-14/h1-2,4-5,12-27H,7-9H2/t12?,13?,14?,15?,16?,17?,18-,19?,20-/m1/s1. The largest absolute Gasteiger partial charge is 0.394 e. The van der Waals surface area contributed by atoms with Crippen LogP contribution in [-0.4, -0.2) is 97.8 Å². The molecule has 1 aromatic carbocycles. The van der Waals surface area contributed by atoms with Crippen molar-refractivity contribution < 1.29 is 45.2 Å². The molecule has 9 atom stereocenters. The molecule has 0 saturated carbocycles. The third kappa shape index (κ3) is 4.78. The van der Waals surface area contributed by atoms with Gasteiger partial charge in [0.1, 0.15) is 42.7 Å². The SMILES string of the molecule is OCC1CC(O)C(O)[C@@H](c2ccc(C#CC3OC(CO)[C@@H](O)C(O)C3O)cc2)O1. The van der Waals surface area contributed by atoms with Gasteiger partial charge >= 0.3 is 0 Å². The van der Waals surface area contributed by atoms with Gasteiger partial charge in [-0.1, -0.05) is 24.0 Å². The van der Waals surface area contributed by atoms with Gasteiger partial charge in [-0.25, -0.2) is 0 Å². The average molecular weight is 410 g/mol. The first-order chi connectivity index (χ1) is 13.8. The van der Waals surface area contributed by atoms with E-state index in [2.05, 4.69) is 11.8 Å². The molecule has 9 nitrogen and oxygen atoms in total. The fraction of sp³-hybridized carbons (Fsp3) is 0.600. The second kappa shape index (κ2) is 9.49. The first-order valence-electron chi connectivity index (χ1n) is 9.40. The molecule has 0 aromatic heterocycles. The van der Waals surface area contributed by atoms with Crippen molar-refractivity contribution in [3.05, 3.63) is 35.4 Å². The normalized spacial score (nSPS) is 40.2. The molecule has 0 spiro atoms. The zero-order chi connectivity index (χ0) is 21.1. The Balaban J connectivity index is 1.71. The second-order valence-corrected chi connectivity index (χ2v) is 7.30. The predicted octanol–water partition coefficient (Wildman–Crippen LogP) is -2.58. The Morgan fingerprint density at radius 1 is 0.828 bits per heavy atom. The fourth-order valence-corrected chi connectivity index (χ4v) is 3.48. The van der Waals surface area contributed by atoms with Crippen LogP contribution in [0.1, 0.15) is 23.7 Å². The highest BCUT2D eigenvalue weighted by molar-refractivity contribution is 5.38. The van der Waals surface area contributed by atoms with Crippen molar-refractivity contribution in [1.82, 2.24) is 0 Å². The van der Waals surface area contributed by atoms with Crippen molar-refractivity contribution in [3.63, 3.8) is 0 Å². The smallest absolute Gasteiger partial charge is 0.147 e. The van der Waals surface area contributed by atoms with E-state index in [1.807, 2.05) is 0 Å². The highest BCUT2D eigenvalue weighted by atomic mass is 16.5. The molecule has 9 heteroatoms. The Hall–Kier alpha value is -1.58. The van der Waals surface area contributed by atoms with Crippen molar-refractivity contribution in [2.45, 2.75) is 61.4 Å². The van der Waals surface area contributed by atoms with Crippen LogP contribution in [0.4, 0.5) is 0 Å². The first kappa shape index (κ1) is 22.1. The van der Waals surface area contributed by atoms with Crippen LogP contribution in [0.3, 0.4) is 0 Å². The van der Waals surface area contributed by atoms with Gasteiger partial charge in [0, 0.05) is 12.0 Å². The summed E-state index contributed by atoms with van der Waals surface area (Å²) in [4.78, 5) is 0. The quantitative estimate of drug-likeness (QED) is 0.266. The molecule has 0 amide bonds. The number of rotatable bonds is 3. The van der Waals surface area contributed by atoms with E-state index in [4.69, 9.17) is 9.47 Å². The summed E-state index contributed by atoms with van der Waals surface area (Å²) >= 11 is 0. The topological polar surface area (TPSA) is 160 Å². The number of benzene rings is 1. The number of aliphatic hydroxyl groups excluding tert-OH is 7. The minimum atomic E-state index is -1.49. The number of hydrogen-bond acceptors (Lipinski definition) is 9. The van der Waals surface area contributed by atoms with E-state index >= 15 is 0 Å². The lowest BCUT2D eigenvalue weighted by molar-refractivity contribution is -0.214. The van der Waals surface area contributed by atoms with Crippen LogP contribution >= 0.6 is 0 Å². The molecule has 2 aliphatic heterocycles. The first-order valence-corrected chi connectivity index (χ1v) is 9.40. The van der Waals surface area contributed by atoms with Crippen LogP contribution in [0.15, 0.2) is 24.3 Å². The maximum atomic E-state index is 10.2. The Bertz CT molecular complexity index is 726. The monoisotopic (exact) mass is 410 g/mol. The van der Waals surface area contributed by atoms with Gasteiger partial charge in [0.15, 0.2) is 0 Å². The summed E-state index contributed by atoms with van der Waals surface area (Å²) in [6.07, 6.45) is -9.79. The molecule has 7 N–H and O–H groups in total. The van der Waals surface area contributed by atoms with Crippen LogP contribution in [0, 0.1) is 11.8 Å². The van der Waals surface area contributed by atoms with E-state index in [0.29, 0.717) is 11.1 Å². The molecular weight excluding hydrogens is 384 g/mol. The lowest BCUT2D eigenvalue weighted by Crippen LogP contribution is -2.58. The van der Waals surface area contributed by atoms with Crippen LogP contribution in [0.5, 0.6) is 0 Å². The third-order valence-electron chi connectivity index (χ3n) is 5.24. The van der Waals surface area contributed by atoms with Crippen LogP contribution in [0.25, 0.3) is 0 Å². The zero-order valence-corrected chi connectivity index (χ0v) is 15.6. The molecule has 160 valence electrons. The summed E-state index contributed by atoms with van der Waals surface area (Å²) in [5, 5.41) is 68.2. The van der Waals surface area contributed by atoms with Gasteiger partial charge in [-0.3, -0.25) is 0 Å². The van der Waals surface area contributed by atoms with Gasteiger partial charge < -0.3 is 45.2 Å². The second-order valence-electron chi connectivity index (χ2n) is 7.30. The summed E-state index contributed by atoms with van der Waals surface area (Å²) in [6, 6.07) is 6.63. The van der Waals surface area contributed by atoms with E-state index < -0.39 is 61.5 Å². The van der Waals surface area contributed by atoms with E-state index in [0.717, 1.165) is 0 Å². The van der Waals surface area contributed by atoms with Crippen LogP contribution in [-0.2, 0) is 9.47 Å². The van der Waals surface area contributed by atoms with Crippen molar-refractivity contribution >= 4 is 0 Å². The van der Waals surface area contributed by atoms with E-state index in [9.17, 15) is 35.7 Å². The van der Waals surface area contributed by atoms with Gasteiger partial charge in [-0.05, 0) is 17.7 Å². The maximum absolute atomic E-state index is 10.2. The summed E-state index contributed by atoms with van der Waals surface area (Å²) in [5.41, 5.74) is 1.16. The van der Waals surface area contributed by atoms with Gasteiger partial charge in [-0.15, -0.1) is 0 Å². The zero-order valence-electron chi connectivity index (χ0n) is 15.6. The van der Waals surface area contributed by atoms with Crippen molar-refractivity contribution in [2.75, 3.05) is 13.2 Å². The number of hydrogen-bond donors (Lipinski definition) is 7. The molecule has 0 bridgehead atoms. The van der Waals surface area contributed by atoms with Crippen molar-refractivity contribution in [3.8, 4) is 11.8 Å². The summed E-state index contributed by atoms with van der Waals surface area (Å²) in [7, 11) is 0. The Labute approximate surface area is 167 Å². The Morgan fingerprint density at radius 3 is 2.14 bits per heavy atom. The van der Waals surface area contributed by atoms with Gasteiger partial charge in [0.05, 0.1) is 25.4 Å². The van der Waals surface area contributed by atoms with Crippen molar-refractivity contribution in [1.29, 1.82) is 0 Å². The Kier molecular flexibility index (Phi) is 7.23. The number of ether oxygens (including phenoxy) is 2. The average Bonchev–Trinajstić information content (AvgIpc) is 2.74. The highest BCUT2D eigenvalue weighted by Gasteiger charge is 2.42. The minimum Gasteiger partial charge on any atom is -0.394 e. The minimum absolute atomic E-state index is 0.150. The highest BCUT2D eigenvalue weighted by Crippen LogP contribution is 2.32. The van der Waals surface area contributed by atoms with Crippen LogP contribution < -0.4 is 0 Å². The molecule has 29 heavy (non-hydrogen) atoms. The van der Waals surface area contributed by atoms with E-state index in [-0.39, 0.29) is 13.0 Å². The molecule has 2 saturated heterocycles. The molecule has 1 aromatic rings. The molecular formula is C20H26O9. The molecule has 2 heterocycles. The summed E-state index contributed by atoms with van der Waals surface area (Å²) < 4.78 is 11.0. The molecule has 0 aliphatic carbocycles. The summed E-state index contributed by atoms with van der Waals surface area (Å²) in [5.74, 6) is 5.47. The molecule has 0 radical (unpaired) electrons. The summed E-state index contributed by atoms with van der Waals surface area (Å²) in [6.45, 7) is -0.787. The maximum Gasteiger partial charge on any atom is 0.147 e. The molecule has 7 unspecified atom stereocenters. The molecule has 2 fully saturated rings. The van der Waals surface area contributed by atoms with Gasteiger partial charge in [0.25, 0.3) is 0 Å². The Morgan fingerprint density at radius 2 is 1.52 bits per heavy atom. The third-order valence-corrected chi connectivity index (χ3v) is 5.24. The predicted molar refractivity (Wildman–Crippen MR) is 98.4 cm³/mol. The fourth-order valence-electron chi connectivity index (χ4n) is 3.48. The van der Waals surface area contributed by atoms with Gasteiger partial charge in [0.2, 0.25) is 0 Å². The lowest BCUT2D eigenvalue weighted by atomic mass is 9.93. The van der Waals surface area contributed by atoms with E-state index in [1.54, 1.807) is 24.3 Å². The van der Waals surface area contributed by atoms with E-state index in [1.165, 1.54) is 0 Å². The number of aliphatic hydroxyl groups is 7. The van der Waals surface area contributed by atoms with Crippen LogP contribution in [0.2, 0.25) is 0 Å².